The molecule has 0 aliphatic rings. The number of aryl methyl sites for hydroxylation is 1. The van der Waals surface area contributed by atoms with E-state index in [2.05, 4.69) is 83.3 Å². The van der Waals surface area contributed by atoms with Gasteiger partial charge in [0.2, 0.25) is 0 Å². The van der Waals surface area contributed by atoms with Crippen molar-refractivity contribution in [1.29, 1.82) is 0 Å². The molecule has 2 aromatic carbocycles. The van der Waals surface area contributed by atoms with Crippen LogP contribution in [0, 0.1) is 6.92 Å². The van der Waals surface area contributed by atoms with Crippen molar-refractivity contribution in [2.45, 2.75) is 20.0 Å². The van der Waals surface area contributed by atoms with E-state index in [9.17, 15) is 5.11 Å². The van der Waals surface area contributed by atoms with E-state index in [-0.39, 0.29) is 6.61 Å². The van der Waals surface area contributed by atoms with Gasteiger partial charge in [0.05, 0.1) is 6.61 Å². The van der Waals surface area contributed by atoms with Crippen molar-refractivity contribution in [3.8, 4) is 5.69 Å². The molecule has 1 N–H and O–H groups in total. The van der Waals surface area contributed by atoms with Crippen molar-refractivity contribution in [3.05, 3.63) is 89.7 Å². The molecule has 1 aromatic heterocycles. The van der Waals surface area contributed by atoms with Crippen LogP contribution in [0.15, 0.2) is 72.9 Å². The number of aromatic nitrogens is 1. The number of rotatable bonds is 7. The summed E-state index contributed by atoms with van der Waals surface area (Å²) in [5.74, 6) is 0. The lowest BCUT2D eigenvalue weighted by atomic mass is 10.2. The van der Waals surface area contributed by atoms with Gasteiger partial charge < -0.3 is 9.67 Å². The SMILES string of the molecule is Cc1cccc(-n2cccc2CN(CCO)Cc2ccccc2)c1. The van der Waals surface area contributed by atoms with E-state index in [1.165, 1.54) is 22.5 Å². The van der Waals surface area contributed by atoms with Crippen molar-refractivity contribution in [3.63, 3.8) is 0 Å². The van der Waals surface area contributed by atoms with E-state index in [1.807, 2.05) is 6.07 Å². The van der Waals surface area contributed by atoms with Crippen LogP contribution in [0.25, 0.3) is 5.69 Å². The summed E-state index contributed by atoms with van der Waals surface area (Å²) < 4.78 is 2.22. The molecule has 3 nitrogen and oxygen atoms in total. The zero-order chi connectivity index (χ0) is 16.8. The Morgan fingerprint density at radius 2 is 1.75 bits per heavy atom. The van der Waals surface area contributed by atoms with Crippen LogP contribution in [0.3, 0.4) is 0 Å². The van der Waals surface area contributed by atoms with E-state index in [0.717, 1.165) is 13.1 Å². The molecule has 0 saturated heterocycles. The zero-order valence-corrected chi connectivity index (χ0v) is 14.1. The summed E-state index contributed by atoms with van der Waals surface area (Å²) in [6, 6.07) is 23.2. The predicted octanol–water partition coefficient (Wildman–Crippen LogP) is 3.78. The maximum absolute atomic E-state index is 9.42. The first-order valence-corrected chi connectivity index (χ1v) is 8.36. The van der Waals surface area contributed by atoms with Crippen molar-refractivity contribution < 1.29 is 5.11 Å². The fourth-order valence-electron chi connectivity index (χ4n) is 3.00. The van der Waals surface area contributed by atoms with Gasteiger partial charge >= 0.3 is 0 Å². The minimum atomic E-state index is 0.165. The zero-order valence-electron chi connectivity index (χ0n) is 14.1. The molecule has 0 bridgehead atoms. The van der Waals surface area contributed by atoms with Crippen molar-refractivity contribution >= 4 is 0 Å². The molecule has 0 saturated carbocycles. The van der Waals surface area contributed by atoms with E-state index in [1.54, 1.807) is 0 Å². The van der Waals surface area contributed by atoms with Gasteiger partial charge in [0, 0.05) is 37.2 Å². The fourth-order valence-corrected chi connectivity index (χ4v) is 3.00. The third-order valence-corrected chi connectivity index (χ3v) is 4.16. The van der Waals surface area contributed by atoms with E-state index in [4.69, 9.17) is 0 Å². The molecule has 24 heavy (non-hydrogen) atoms. The van der Waals surface area contributed by atoms with Gasteiger partial charge in [0.1, 0.15) is 0 Å². The van der Waals surface area contributed by atoms with Crippen molar-refractivity contribution in [2.24, 2.45) is 0 Å². The van der Waals surface area contributed by atoms with Crippen LogP contribution in [0.1, 0.15) is 16.8 Å². The predicted molar refractivity (Wildman–Crippen MR) is 98.1 cm³/mol. The molecule has 1 heterocycles. The first kappa shape index (κ1) is 16.5. The summed E-state index contributed by atoms with van der Waals surface area (Å²) in [7, 11) is 0. The minimum Gasteiger partial charge on any atom is -0.395 e. The summed E-state index contributed by atoms with van der Waals surface area (Å²) in [5.41, 5.74) is 4.92. The first-order valence-electron chi connectivity index (χ1n) is 8.36. The molecule has 3 rings (SSSR count). The molecule has 0 fully saturated rings. The van der Waals surface area contributed by atoms with Gasteiger partial charge in [-0.3, -0.25) is 4.90 Å². The fraction of sp³-hybridized carbons (Fsp3) is 0.238. The van der Waals surface area contributed by atoms with Crippen LogP contribution in [0.5, 0.6) is 0 Å². The smallest absolute Gasteiger partial charge is 0.0558 e. The van der Waals surface area contributed by atoms with Crippen LogP contribution < -0.4 is 0 Å². The average molecular weight is 320 g/mol. The molecular formula is C21H24N2O. The standard InChI is InChI=1S/C21H24N2O/c1-18-7-5-10-20(15-18)23-12-6-11-21(23)17-22(13-14-24)16-19-8-3-2-4-9-19/h2-12,15,24H,13-14,16-17H2,1H3. The summed E-state index contributed by atoms with van der Waals surface area (Å²) in [6.07, 6.45) is 2.10. The van der Waals surface area contributed by atoms with Gasteiger partial charge in [-0.15, -0.1) is 0 Å². The third-order valence-electron chi connectivity index (χ3n) is 4.16. The largest absolute Gasteiger partial charge is 0.395 e. The highest BCUT2D eigenvalue weighted by molar-refractivity contribution is 5.38. The molecular weight excluding hydrogens is 296 g/mol. The monoisotopic (exact) mass is 320 g/mol. The van der Waals surface area contributed by atoms with Crippen LogP contribution in [-0.4, -0.2) is 27.7 Å². The normalized spacial score (nSPS) is 11.1. The summed E-state index contributed by atoms with van der Waals surface area (Å²) in [5, 5.41) is 9.42. The van der Waals surface area contributed by atoms with Crippen LogP contribution >= 0.6 is 0 Å². The lowest BCUT2D eigenvalue weighted by Gasteiger charge is -2.22. The maximum Gasteiger partial charge on any atom is 0.0558 e. The Labute approximate surface area is 143 Å². The first-order chi connectivity index (χ1) is 11.8. The van der Waals surface area contributed by atoms with Gasteiger partial charge in [-0.2, -0.15) is 0 Å². The molecule has 0 atom stereocenters. The van der Waals surface area contributed by atoms with Crippen molar-refractivity contribution in [2.75, 3.05) is 13.2 Å². The molecule has 0 radical (unpaired) electrons. The molecule has 0 unspecified atom stereocenters. The number of nitrogens with zero attached hydrogens (tertiary/aromatic N) is 2. The number of hydrogen-bond acceptors (Lipinski definition) is 2. The maximum atomic E-state index is 9.42. The topological polar surface area (TPSA) is 28.4 Å². The molecule has 124 valence electrons. The van der Waals surface area contributed by atoms with Crippen LogP contribution in [0.4, 0.5) is 0 Å². The summed E-state index contributed by atoms with van der Waals surface area (Å²) in [6.45, 7) is 4.57. The quantitative estimate of drug-likeness (QED) is 0.717. The number of aliphatic hydroxyl groups is 1. The van der Waals surface area contributed by atoms with Gasteiger partial charge in [-0.05, 0) is 42.3 Å². The molecule has 0 spiro atoms. The van der Waals surface area contributed by atoms with Gasteiger partial charge in [0.15, 0.2) is 0 Å². The molecule has 0 aliphatic carbocycles. The highest BCUT2D eigenvalue weighted by Crippen LogP contribution is 2.17. The highest BCUT2D eigenvalue weighted by atomic mass is 16.3. The lowest BCUT2D eigenvalue weighted by Crippen LogP contribution is -2.27. The van der Waals surface area contributed by atoms with Crippen LogP contribution in [0.2, 0.25) is 0 Å². The molecule has 0 amide bonds. The van der Waals surface area contributed by atoms with Gasteiger partial charge in [-0.1, -0.05) is 42.5 Å². The molecule has 3 aromatic rings. The lowest BCUT2D eigenvalue weighted by molar-refractivity contribution is 0.182. The van der Waals surface area contributed by atoms with Crippen molar-refractivity contribution in [1.82, 2.24) is 9.47 Å². The number of hydrogen-bond donors (Lipinski definition) is 1. The molecule has 3 heteroatoms. The minimum absolute atomic E-state index is 0.165. The highest BCUT2D eigenvalue weighted by Gasteiger charge is 2.10. The Hall–Kier alpha value is -2.36. The van der Waals surface area contributed by atoms with Crippen LogP contribution in [-0.2, 0) is 13.1 Å². The number of aliphatic hydroxyl groups excluding tert-OH is 1. The van der Waals surface area contributed by atoms with Gasteiger partial charge in [0.25, 0.3) is 0 Å². The second kappa shape index (κ2) is 7.95. The Bertz CT molecular complexity index is 764. The van der Waals surface area contributed by atoms with E-state index >= 15 is 0 Å². The Kier molecular flexibility index (Phi) is 5.47. The Morgan fingerprint density at radius 3 is 2.50 bits per heavy atom. The summed E-state index contributed by atoms with van der Waals surface area (Å²) >= 11 is 0. The Morgan fingerprint density at radius 1 is 0.917 bits per heavy atom. The van der Waals surface area contributed by atoms with E-state index in [0.29, 0.717) is 6.54 Å². The summed E-state index contributed by atoms with van der Waals surface area (Å²) in [4.78, 5) is 2.27. The van der Waals surface area contributed by atoms with Gasteiger partial charge in [-0.25, -0.2) is 0 Å². The average Bonchev–Trinajstić information content (AvgIpc) is 3.04. The Balaban J connectivity index is 1.79. The van der Waals surface area contributed by atoms with E-state index < -0.39 is 0 Å². The number of benzene rings is 2. The third kappa shape index (κ3) is 4.13. The second-order valence-electron chi connectivity index (χ2n) is 6.13. The second-order valence-corrected chi connectivity index (χ2v) is 6.13. The molecule has 0 aliphatic heterocycles.